The number of carbonyl (C=O) groups excluding carboxylic acids is 1. The fraction of sp³-hybridized carbons (Fsp3) is 0.364. The van der Waals surface area contributed by atoms with E-state index >= 15 is 0 Å². The van der Waals surface area contributed by atoms with E-state index in [4.69, 9.17) is 4.74 Å². The number of hydrogen-bond acceptors (Lipinski definition) is 2. The first-order chi connectivity index (χ1) is 6.67. The Morgan fingerprint density at radius 2 is 2.21 bits per heavy atom. The van der Waals surface area contributed by atoms with Crippen LogP contribution in [0.1, 0.15) is 17.3 Å². The molecular formula is C11H11IO2. The molecule has 1 aliphatic heterocycles. The molecule has 0 spiro atoms. The molecule has 0 radical (unpaired) electrons. The van der Waals surface area contributed by atoms with E-state index in [1.165, 1.54) is 0 Å². The van der Waals surface area contributed by atoms with Crippen molar-refractivity contribution in [1.82, 2.24) is 0 Å². The average molecular weight is 302 g/mol. The van der Waals surface area contributed by atoms with Gasteiger partial charge in [-0.2, -0.15) is 0 Å². The van der Waals surface area contributed by atoms with Gasteiger partial charge in [0.2, 0.25) is 0 Å². The van der Waals surface area contributed by atoms with Crippen molar-refractivity contribution < 1.29 is 9.53 Å². The molecule has 3 heteroatoms. The van der Waals surface area contributed by atoms with Crippen LogP contribution in [0.25, 0.3) is 0 Å². The quantitative estimate of drug-likeness (QED) is 0.589. The molecule has 1 atom stereocenters. The van der Waals surface area contributed by atoms with Crippen LogP contribution in [0.2, 0.25) is 0 Å². The van der Waals surface area contributed by atoms with Crippen LogP contribution in [0.15, 0.2) is 24.3 Å². The number of Topliss-reactive ketones (excluding diaryl/α,β-unsaturated/α-hetero) is 1. The number of hydrogen-bond donors (Lipinski definition) is 0. The number of benzene rings is 1. The molecule has 0 saturated carbocycles. The summed E-state index contributed by atoms with van der Waals surface area (Å²) < 4.78 is 6.36. The van der Waals surface area contributed by atoms with E-state index in [2.05, 4.69) is 22.6 Å². The SMILES string of the molecule is CC1(CI)COc2ccccc2C1=O. The molecule has 0 bridgehead atoms. The Morgan fingerprint density at radius 1 is 1.50 bits per heavy atom. The number of carbonyl (C=O) groups is 1. The molecule has 2 nitrogen and oxygen atoms in total. The first kappa shape index (κ1) is 9.96. The van der Waals surface area contributed by atoms with E-state index in [0.29, 0.717) is 6.61 Å². The molecule has 0 N–H and O–H groups in total. The molecule has 0 fully saturated rings. The van der Waals surface area contributed by atoms with Crippen molar-refractivity contribution in [3.63, 3.8) is 0 Å². The number of ketones is 1. The zero-order valence-electron chi connectivity index (χ0n) is 7.92. The molecule has 74 valence electrons. The molecule has 1 unspecified atom stereocenters. The third kappa shape index (κ3) is 1.43. The maximum Gasteiger partial charge on any atom is 0.176 e. The maximum absolute atomic E-state index is 12.1. The minimum Gasteiger partial charge on any atom is -0.492 e. The van der Waals surface area contributed by atoms with Crippen molar-refractivity contribution in [3.05, 3.63) is 29.8 Å². The van der Waals surface area contributed by atoms with Gasteiger partial charge in [0.1, 0.15) is 12.4 Å². The second-order valence-electron chi connectivity index (χ2n) is 3.81. The highest BCUT2D eigenvalue weighted by Crippen LogP contribution is 2.35. The van der Waals surface area contributed by atoms with Gasteiger partial charge in [0, 0.05) is 4.43 Å². The predicted molar refractivity (Wildman–Crippen MR) is 63.3 cm³/mol. The molecular weight excluding hydrogens is 291 g/mol. The van der Waals surface area contributed by atoms with Crippen LogP contribution in [0.4, 0.5) is 0 Å². The predicted octanol–water partition coefficient (Wildman–Crippen LogP) is 2.70. The van der Waals surface area contributed by atoms with Crippen molar-refractivity contribution >= 4 is 28.4 Å². The molecule has 0 saturated heterocycles. The van der Waals surface area contributed by atoms with Crippen molar-refractivity contribution in [2.45, 2.75) is 6.92 Å². The van der Waals surface area contributed by atoms with Gasteiger partial charge in [0.25, 0.3) is 0 Å². The summed E-state index contributed by atoms with van der Waals surface area (Å²) in [7, 11) is 0. The summed E-state index contributed by atoms with van der Waals surface area (Å²) in [6.45, 7) is 2.45. The standard InChI is InChI=1S/C11H11IO2/c1-11(6-12)7-14-9-5-3-2-4-8(9)10(11)13/h2-5H,6-7H2,1H3. The Morgan fingerprint density at radius 3 is 2.93 bits per heavy atom. The van der Waals surface area contributed by atoms with Gasteiger partial charge in [-0.3, -0.25) is 4.79 Å². The summed E-state index contributed by atoms with van der Waals surface area (Å²) in [6.07, 6.45) is 0. The lowest BCUT2D eigenvalue weighted by molar-refractivity contribution is 0.0708. The van der Waals surface area contributed by atoms with E-state index in [1.807, 2.05) is 31.2 Å². The van der Waals surface area contributed by atoms with Crippen LogP contribution in [0.5, 0.6) is 5.75 Å². The minimum absolute atomic E-state index is 0.203. The van der Waals surface area contributed by atoms with Crippen LogP contribution in [0, 0.1) is 5.41 Å². The zero-order valence-corrected chi connectivity index (χ0v) is 10.1. The van der Waals surface area contributed by atoms with E-state index in [9.17, 15) is 4.79 Å². The number of fused-ring (bicyclic) bond motifs is 1. The lowest BCUT2D eigenvalue weighted by Gasteiger charge is -2.31. The van der Waals surface area contributed by atoms with E-state index in [0.717, 1.165) is 15.7 Å². The first-order valence-electron chi connectivity index (χ1n) is 4.50. The van der Waals surface area contributed by atoms with Crippen LogP contribution in [-0.4, -0.2) is 16.8 Å². The van der Waals surface area contributed by atoms with Gasteiger partial charge in [-0.1, -0.05) is 34.7 Å². The second-order valence-corrected chi connectivity index (χ2v) is 4.57. The molecule has 0 aliphatic carbocycles. The second kappa shape index (κ2) is 3.53. The number of ether oxygens (including phenoxy) is 1. The van der Waals surface area contributed by atoms with Gasteiger partial charge >= 0.3 is 0 Å². The van der Waals surface area contributed by atoms with Crippen LogP contribution >= 0.6 is 22.6 Å². The van der Waals surface area contributed by atoms with E-state index < -0.39 is 0 Å². The highest BCUT2D eigenvalue weighted by Gasteiger charge is 2.38. The Hall–Kier alpha value is -0.580. The first-order valence-corrected chi connectivity index (χ1v) is 6.02. The lowest BCUT2D eigenvalue weighted by atomic mass is 9.83. The highest BCUT2D eigenvalue weighted by atomic mass is 127. The number of para-hydroxylation sites is 1. The number of rotatable bonds is 1. The lowest BCUT2D eigenvalue weighted by Crippen LogP contribution is -2.39. The summed E-state index contributed by atoms with van der Waals surface area (Å²) in [5.74, 6) is 0.925. The van der Waals surface area contributed by atoms with Gasteiger partial charge in [0.05, 0.1) is 11.0 Å². The summed E-state index contributed by atoms with van der Waals surface area (Å²) in [5, 5.41) is 0. The average Bonchev–Trinajstić information content (AvgIpc) is 2.24. The smallest absolute Gasteiger partial charge is 0.176 e. The summed E-state index contributed by atoms with van der Waals surface area (Å²) >= 11 is 2.24. The van der Waals surface area contributed by atoms with Crippen molar-refractivity contribution in [1.29, 1.82) is 0 Å². The van der Waals surface area contributed by atoms with Gasteiger partial charge in [0.15, 0.2) is 5.78 Å². The van der Waals surface area contributed by atoms with E-state index in [1.54, 1.807) is 0 Å². The molecule has 14 heavy (non-hydrogen) atoms. The molecule has 0 amide bonds. The number of halogens is 1. The van der Waals surface area contributed by atoms with Gasteiger partial charge in [-0.05, 0) is 19.1 Å². The summed E-state index contributed by atoms with van der Waals surface area (Å²) in [6, 6.07) is 7.44. The highest BCUT2D eigenvalue weighted by molar-refractivity contribution is 14.1. The van der Waals surface area contributed by atoms with Gasteiger partial charge < -0.3 is 4.74 Å². The topological polar surface area (TPSA) is 26.3 Å². The molecule has 1 aromatic carbocycles. The van der Waals surface area contributed by atoms with Gasteiger partial charge in [-0.25, -0.2) is 0 Å². The van der Waals surface area contributed by atoms with Crippen molar-refractivity contribution in [2.75, 3.05) is 11.0 Å². The van der Waals surface area contributed by atoms with Crippen LogP contribution in [-0.2, 0) is 0 Å². The summed E-state index contributed by atoms with van der Waals surface area (Å²) in [4.78, 5) is 12.1. The molecule has 0 aromatic heterocycles. The fourth-order valence-corrected chi connectivity index (χ4v) is 2.07. The number of alkyl halides is 1. The normalized spacial score (nSPS) is 25.4. The molecule has 1 heterocycles. The van der Waals surface area contributed by atoms with E-state index in [-0.39, 0.29) is 11.2 Å². The zero-order chi connectivity index (χ0) is 10.2. The van der Waals surface area contributed by atoms with Crippen LogP contribution in [0.3, 0.4) is 0 Å². The monoisotopic (exact) mass is 302 g/mol. The Kier molecular flexibility index (Phi) is 2.51. The third-order valence-electron chi connectivity index (χ3n) is 2.52. The third-order valence-corrected chi connectivity index (χ3v) is 4.20. The van der Waals surface area contributed by atoms with Crippen LogP contribution < -0.4 is 4.74 Å². The molecule has 1 aliphatic rings. The summed E-state index contributed by atoms with van der Waals surface area (Å²) in [5.41, 5.74) is 0.368. The van der Waals surface area contributed by atoms with Crippen molar-refractivity contribution in [3.8, 4) is 5.75 Å². The molecule has 2 rings (SSSR count). The molecule has 1 aromatic rings. The van der Waals surface area contributed by atoms with Gasteiger partial charge in [-0.15, -0.1) is 0 Å². The largest absolute Gasteiger partial charge is 0.492 e. The van der Waals surface area contributed by atoms with Crippen molar-refractivity contribution in [2.24, 2.45) is 5.41 Å². The Labute approximate surface area is 96.8 Å². The maximum atomic E-state index is 12.1. The Balaban J connectivity index is 2.46. The minimum atomic E-state index is -0.352. The Bertz CT molecular complexity index is 375. The fourth-order valence-electron chi connectivity index (χ4n) is 1.51.